The van der Waals surface area contributed by atoms with Crippen LogP contribution in [0.25, 0.3) is 11.1 Å². The Morgan fingerprint density at radius 3 is 1.24 bits per heavy atom. The summed E-state index contributed by atoms with van der Waals surface area (Å²) in [6.07, 6.45) is 0.314. The van der Waals surface area contributed by atoms with E-state index in [0.29, 0.717) is 39.6 Å². The highest BCUT2D eigenvalue weighted by Gasteiger charge is 2.46. The highest BCUT2D eigenvalue weighted by atomic mass is 16.6. The van der Waals surface area contributed by atoms with Crippen molar-refractivity contribution in [1.82, 2.24) is 0 Å². The maximum atomic E-state index is 6.49. The lowest BCUT2D eigenvalue weighted by Gasteiger charge is -2.35. The highest BCUT2D eigenvalue weighted by molar-refractivity contribution is 5.86. The van der Waals surface area contributed by atoms with Gasteiger partial charge in [0.2, 0.25) is 0 Å². The molecule has 0 radical (unpaired) electrons. The second-order valence-corrected chi connectivity index (χ2v) is 15.8. The standard InChI is InChI=1S/C47H58O8/c1-29-17-37(18-30(2)45(29)54-23-35(7)48-21-33(5)50-25-39-27-52-39)47(43-15-11-9-13-41(43)42-14-10-12-16-44(42)47)38-19-31(3)46(32(4)20-38)55-24-36(8)49-22-34(6)51-26-40-28-53-40/h9-20,33-36,39-40H,21-28H2,1-8H3. The van der Waals surface area contributed by atoms with Gasteiger partial charge in [0.05, 0.1) is 69.5 Å². The van der Waals surface area contributed by atoms with Crippen LogP contribution in [0.4, 0.5) is 0 Å². The predicted molar refractivity (Wildman–Crippen MR) is 215 cm³/mol. The average molecular weight is 751 g/mol. The van der Waals surface area contributed by atoms with E-state index in [1.165, 1.54) is 33.4 Å². The third kappa shape index (κ3) is 8.96. The van der Waals surface area contributed by atoms with Crippen molar-refractivity contribution in [3.05, 3.63) is 117 Å². The Bertz CT molecular complexity index is 1740. The van der Waals surface area contributed by atoms with Gasteiger partial charge >= 0.3 is 0 Å². The molecule has 8 heteroatoms. The van der Waals surface area contributed by atoms with E-state index in [-0.39, 0.29) is 36.6 Å². The Labute approximate surface area is 327 Å². The number of rotatable bonds is 20. The van der Waals surface area contributed by atoms with Crippen LogP contribution in [0.3, 0.4) is 0 Å². The summed E-state index contributed by atoms with van der Waals surface area (Å²) >= 11 is 0. The van der Waals surface area contributed by atoms with E-state index in [0.717, 1.165) is 47.0 Å². The summed E-state index contributed by atoms with van der Waals surface area (Å²) in [6, 6.07) is 27.0. The number of hydrogen-bond donors (Lipinski definition) is 0. The summed E-state index contributed by atoms with van der Waals surface area (Å²) < 4.78 is 47.4. The third-order valence-electron chi connectivity index (χ3n) is 10.8. The molecule has 0 spiro atoms. The lowest BCUT2D eigenvalue weighted by atomic mass is 9.66. The molecule has 7 rings (SSSR count). The number of ether oxygens (including phenoxy) is 8. The Kier molecular flexibility index (Phi) is 12.3. The summed E-state index contributed by atoms with van der Waals surface area (Å²) in [4.78, 5) is 0. The molecule has 0 saturated carbocycles. The van der Waals surface area contributed by atoms with Crippen molar-refractivity contribution in [2.75, 3.05) is 52.9 Å². The van der Waals surface area contributed by atoms with Gasteiger partial charge in [0, 0.05) is 0 Å². The second kappa shape index (κ2) is 17.2. The van der Waals surface area contributed by atoms with Crippen LogP contribution in [0, 0.1) is 27.7 Å². The molecule has 8 nitrogen and oxygen atoms in total. The lowest BCUT2D eigenvalue weighted by Crippen LogP contribution is -2.29. The molecule has 3 aliphatic rings. The number of fused-ring (bicyclic) bond motifs is 3. The van der Waals surface area contributed by atoms with Gasteiger partial charge in [-0.25, -0.2) is 0 Å². The maximum absolute atomic E-state index is 6.49. The zero-order valence-electron chi connectivity index (χ0n) is 33.8. The quantitative estimate of drug-likeness (QED) is 0.0734. The first kappa shape index (κ1) is 39.5. The van der Waals surface area contributed by atoms with Crippen LogP contribution in [0.2, 0.25) is 0 Å². The molecule has 2 heterocycles. The molecular weight excluding hydrogens is 693 g/mol. The van der Waals surface area contributed by atoms with Gasteiger partial charge < -0.3 is 37.9 Å². The Morgan fingerprint density at radius 2 is 0.873 bits per heavy atom. The fourth-order valence-electron chi connectivity index (χ4n) is 7.88. The SMILES string of the molecule is Cc1cc(C2(c3cc(C)c(OCC(C)OCC(C)OCC4CO4)c(C)c3)c3ccccc3-c3ccccc32)cc(C)c1OCC(C)OCC(C)OCC1CO1. The molecule has 55 heavy (non-hydrogen) atoms. The number of benzene rings is 4. The zero-order valence-corrected chi connectivity index (χ0v) is 33.8. The largest absolute Gasteiger partial charge is 0.490 e. The van der Waals surface area contributed by atoms with E-state index >= 15 is 0 Å². The van der Waals surface area contributed by atoms with Crippen molar-refractivity contribution in [3.8, 4) is 22.6 Å². The van der Waals surface area contributed by atoms with Crippen molar-refractivity contribution in [2.24, 2.45) is 0 Å². The van der Waals surface area contributed by atoms with Crippen molar-refractivity contribution >= 4 is 0 Å². The van der Waals surface area contributed by atoms with Crippen LogP contribution in [0.15, 0.2) is 72.8 Å². The number of hydrogen-bond acceptors (Lipinski definition) is 8. The van der Waals surface area contributed by atoms with Crippen molar-refractivity contribution in [1.29, 1.82) is 0 Å². The topological polar surface area (TPSA) is 80.4 Å². The molecule has 0 N–H and O–H groups in total. The first-order valence-electron chi connectivity index (χ1n) is 19.9. The van der Waals surface area contributed by atoms with E-state index in [4.69, 9.17) is 37.9 Å². The summed E-state index contributed by atoms with van der Waals surface area (Å²) in [5.74, 6) is 1.80. The Hall–Kier alpha value is -3.76. The van der Waals surface area contributed by atoms with Crippen LogP contribution < -0.4 is 9.47 Å². The van der Waals surface area contributed by atoms with Crippen LogP contribution in [0.1, 0.15) is 72.2 Å². The van der Waals surface area contributed by atoms with Gasteiger partial charge in [-0.05, 0) is 111 Å². The minimum Gasteiger partial charge on any atom is -0.490 e. The lowest BCUT2D eigenvalue weighted by molar-refractivity contribution is -0.0452. The van der Waals surface area contributed by atoms with Crippen LogP contribution in [-0.4, -0.2) is 89.5 Å². The summed E-state index contributed by atoms with van der Waals surface area (Å²) in [6.45, 7) is 21.5. The monoisotopic (exact) mass is 750 g/mol. The van der Waals surface area contributed by atoms with E-state index in [1.807, 2.05) is 27.7 Å². The van der Waals surface area contributed by atoms with Crippen LogP contribution >= 0.6 is 0 Å². The minimum atomic E-state index is -0.550. The zero-order chi connectivity index (χ0) is 38.7. The molecule has 2 saturated heterocycles. The summed E-state index contributed by atoms with van der Waals surface area (Å²) in [5.41, 5.74) is 11.3. The molecule has 4 aromatic rings. The summed E-state index contributed by atoms with van der Waals surface area (Å²) in [5, 5.41) is 0. The van der Waals surface area contributed by atoms with E-state index in [9.17, 15) is 0 Å². The maximum Gasteiger partial charge on any atom is 0.125 e. The molecule has 1 aliphatic carbocycles. The Balaban J connectivity index is 1.14. The third-order valence-corrected chi connectivity index (χ3v) is 10.8. The molecule has 2 fully saturated rings. The van der Waals surface area contributed by atoms with Crippen molar-refractivity contribution < 1.29 is 37.9 Å². The number of aryl methyl sites for hydroxylation is 4. The van der Waals surface area contributed by atoms with E-state index in [2.05, 4.69) is 100 Å². The Morgan fingerprint density at radius 1 is 0.527 bits per heavy atom. The first-order valence-corrected chi connectivity index (χ1v) is 19.9. The molecule has 294 valence electrons. The predicted octanol–water partition coefficient (Wildman–Crippen LogP) is 8.46. The van der Waals surface area contributed by atoms with Gasteiger partial charge in [-0.2, -0.15) is 0 Å². The normalized spacial score (nSPS) is 19.9. The van der Waals surface area contributed by atoms with Gasteiger partial charge in [0.25, 0.3) is 0 Å². The molecule has 0 bridgehead atoms. The average Bonchev–Trinajstić information content (AvgIpc) is 4.12. The molecule has 4 aromatic carbocycles. The smallest absolute Gasteiger partial charge is 0.125 e. The molecular formula is C47H58O8. The molecule has 0 amide bonds. The number of epoxide rings is 2. The molecule has 2 aliphatic heterocycles. The molecule has 6 unspecified atom stereocenters. The van der Waals surface area contributed by atoms with Crippen molar-refractivity contribution in [2.45, 2.75) is 97.4 Å². The van der Waals surface area contributed by atoms with E-state index in [1.54, 1.807) is 0 Å². The van der Waals surface area contributed by atoms with Gasteiger partial charge in [-0.1, -0.05) is 72.8 Å². The van der Waals surface area contributed by atoms with Gasteiger partial charge in [-0.15, -0.1) is 0 Å². The van der Waals surface area contributed by atoms with Crippen LogP contribution in [-0.2, 0) is 33.8 Å². The van der Waals surface area contributed by atoms with Crippen molar-refractivity contribution in [3.63, 3.8) is 0 Å². The fraction of sp³-hybridized carbons (Fsp3) is 0.489. The first-order chi connectivity index (χ1) is 26.5. The van der Waals surface area contributed by atoms with Crippen LogP contribution in [0.5, 0.6) is 11.5 Å². The van der Waals surface area contributed by atoms with Gasteiger partial charge in [-0.3, -0.25) is 0 Å². The molecule has 0 aromatic heterocycles. The highest BCUT2D eigenvalue weighted by Crippen LogP contribution is 2.57. The minimum absolute atomic E-state index is 0.000220. The van der Waals surface area contributed by atoms with Gasteiger partial charge in [0.1, 0.15) is 36.9 Å². The van der Waals surface area contributed by atoms with Gasteiger partial charge in [0.15, 0.2) is 0 Å². The summed E-state index contributed by atoms with van der Waals surface area (Å²) in [7, 11) is 0. The molecule has 6 atom stereocenters. The van der Waals surface area contributed by atoms with E-state index < -0.39 is 5.41 Å². The fourth-order valence-corrected chi connectivity index (χ4v) is 7.88. The second-order valence-electron chi connectivity index (χ2n) is 15.8.